The van der Waals surface area contributed by atoms with Crippen molar-refractivity contribution in [1.82, 2.24) is 5.32 Å². The standard InChI is InChI=1S/C15H25N3OS2/c1-3-17-14(19)12-11(16)13(20-2)15(21-12)18-9-7-5-4-6-8-10-18/h3-10,16H2,1-2H3,(H,17,19). The highest BCUT2D eigenvalue weighted by atomic mass is 32.2. The molecule has 3 N–H and O–H groups in total. The molecular formula is C15H25N3OS2. The fraction of sp³-hybridized carbons (Fsp3) is 0.667. The first-order valence-electron chi connectivity index (χ1n) is 7.68. The Morgan fingerprint density at radius 2 is 1.90 bits per heavy atom. The second-order valence-corrected chi connectivity index (χ2v) is 7.11. The Morgan fingerprint density at radius 1 is 1.29 bits per heavy atom. The van der Waals surface area contributed by atoms with E-state index in [1.165, 1.54) is 37.1 Å². The number of nitrogens with two attached hydrogens (primary N) is 1. The molecule has 1 saturated heterocycles. The zero-order valence-corrected chi connectivity index (χ0v) is 14.5. The molecule has 1 aliphatic rings. The van der Waals surface area contributed by atoms with Gasteiger partial charge in [-0.15, -0.1) is 23.1 Å². The maximum Gasteiger partial charge on any atom is 0.263 e. The molecule has 1 aromatic rings. The first kappa shape index (κ1) is 16.5. The van der Waals surface area contributed by atoms with Crippen molar-refractivity contribution in [2.75, 3.05) is 36.5 Å². The number of anilines is 2. The quantitative estimate of drug-likeness (QED) is 0.830. The van der Waals surface area contributed by atoms with E-state index >= 15 is 0 Å². The van der Waals surface area contributed by atoms with E-state index in [2.05, 4.69) is 10.2 Å². The first-order valence-corrected chi connectivity index (χ1v) is 9.72. The van der Waals surface area contributed by atoms with Crippen molar-refractivity contribution in [2.24, 2.45) is 0 Å². The third-order valence-electron chi connectivity index (χ3n) is 3.77. The number of thiophene rings is 1. The van der Waals surface area contributed by atoms with E-state index in [0.717, 1.165) is 18.0 Å². The summed E-state index contributed by atoms with van der Waals surface area (Å²) in [6.45, 7) is 4.70. The predicted octanol–water partition coefficient (Wildman–Crippen LogP) is 3.57. The number of nitrogen functional groups attached to an aromatic ring is 1. The van der Waals surface area contributed by atoms with E-state index in [1.807, 2.05) is 13.2 Å². The molecule has 6 heteroatoms. The van der Waals surface area contributed by atoms with Gasteiger partial charge in [0.15, 0.2) is 0 Å². The Bertz CT molecular complexity index is 480. The van der Waals surface area contributed by atoms with E-state index in [0.29, 0.717) is 17.1 Å². The molecule has 1 aliphatic heterocycles. The molecule has 0 atom stereocenters. The van der Waals surface area contributed by atoms with Crippen LogP contribution in [0.2, 0.25) is 0 Å². The molecule has 1 aromatic heterocycles. The van der Waals surface area contributed by atoms with Crippen LogP contribution in [0, 0.1) is 0 Å². The molecule has 0 saturated carbocycles. The Balaban J connectivity index is 2.28. The second-order valence-electron chi connectivity index (χ2n) is 5.30. The third-order valence-corrected chi connectivity index (χ3v) is 5.99. The van der Waals surface area contributed by atoms with Crippen LogP contribution in [0.4, 0.5) is 10.7 Å². The number of nitrogens with one attached hydrogen (secondary N) is 1. The minimum absolute atomic E-state index is 0.0476. The summed E-state index contributed by atoms with van der Waals surface area (Å²) in [5.41, 5.74) is 6.87. The number of thioether (sulfide) groups is 1. The SMILES string of the molecule is CCNC(=O)c1sc(N2CCCCCCC2)c(SC)c1N. The third kappa shape index (κ3) is 3.86. The average molecular weight is 328 g/mol. The summed E-state index contributed by atoms with van der Waals surface area (Å²) in [6.07, 6.45) is 8.43. The van der Waals surface area contributed by atoms with Crippen molar-refractivity contribution in [3.05, 3.63) is 4.88 Å². The van der Waals surface area contributed by atoms with Crippen LogP contribution in [-0.2, 0) is 0 Å². The number of carbonyl (C=O) groups excluding carboxylic acids is 1. The summed E-state index contributed by atoms with van der Waals surface area (Å²) in [5.74, 6) is -0.0476. The fourth-order valence-electron chi connectivity index (χ4n) is 2.68. The fourth-order valence-corrected chi connectivity index (χ4v) is 4.83. The molecule has 4 nitrogen and oxygen atoms in total. The molecule has 2 heterocycles. The predicted molar refractivity (Wildman–Crippen MR) is 93.8 cm³/mol. The highest BCUT2D eigenvalue weighted by Gasteiger charge is 2.23. The van der Waals surface area contributed by atoms with E-state index in [-0.39, 0.29) is 5.91 Å². The number of carbonyl (C=O) groups is 1. The first-order chi connectivity index (χ1) is 10.2. The number of rotatable bonds is 4. The Kier molecular flexibility index (Phi) is 6.23. The molecule has 118 valence electrons. The molecule has 21 heavy (non-hydrogen) atoms. The van der Waals surface area contributed by atoms with Gasteiger partial charge in [-0.2, -0.15) is 0 Å². The van der Waals surface area contributed by atoms with Gasteiger partial charge in [0.05, 0.1) is 10.6 Å². The summed E-state index contributed by atoms with van der Waals surface area (Å²) in [5, 5.41) is 4.04. The van der Waals surface area contributed by atoms with Crippen LogP contribution >= 0.6 is 23.1 Å². The molecule has 0 unspecified atom stereocenters. The second kappa shape index (κ2) is 7.94. The van der Waals surface area contributed by atoms with Crippen LogP contribution < -0.4 is 16.0 Å². The van der Waals surface area contributed by atoms with E-state index in [1.54, 1.807) is 23.1 Å². The maximum absolute atomic E-state index is 12.1. The van der Waals surface area contributed by atoms with Gasteiger partial charge in [0.25, 0.3) is 5.91 Å². The van der Waals surface area contributed by atoms with Crippen LogP contribution in [0.15, 0.2) is 4.90 Å². The largest absolute Gasteiger partial charge is 0.396 e. The normalized spacial score (nSPS) is 16.4. The Hall–Kier alpha value is -0.880. The summed E-state index contributed by atoms with van der Waals surface area (Å²) < 4.78 is 0. The lowest BCUT2D eigenvalue weighted by atomic mass is 10.1. The van der Waals surface area contributed by atoms with E-state index < -0.39 is 0 Å². The zero-order valence-electron chi connectivity index (χ0n) is 12.9. The number of amides is 1. The molecule has 0 spiro atoms. The van der Waals surface area contributed by atoms with Crippen molar-refractivity contribution in [3.8, 4) is 0 Å². The lowest BCUT2D eigenvalue weighted by Gasteiger charge is -2.26. The summed E-state index contributed by atoms with van der Waals surface area (Å²) in [7, 11) is 0. The van der Waals surface area contributed by atoms with Crippen molar-refractivity contribution in [2.45, 2.75) is 43.9 Å². The summed E-state index contributed by atoms with van der Waals surface area (Å²) >= 11 is 3.20. The summed E-state index contributed by atoms with van der Waals surface area (Å²) in [4.78, 5) is 16.3. The highest BCUT2D eigenvalue weighted by molar-refractivity contribution is 7.99. The minimum atomic E-state index is -0.0476. The van der Waals surface area contributed by atoms with Crippen LogP contribution in [-0.4, -0.2) is 31.8 Å². The molecule has 0 aromatic carbocycles. The summed E-state index contributed by atoms with van der Waals surface area (Å²) in [6, 6.07) is 0. The van der Waals surface area contributed by atoms with Gasteiger partial charge >= 0.3 is 0 Å². The van der Waals surface area contributed by atoms with Crippen molar-refractivity contribution >= 4 is 39.7 Å². The maximum atomic E-state index is 12.1. The van der Waals surface area contributed by atoms with Gasteiger partial charge in [-0.25, -0.2) is 0 Å². The molecule has 0 aliphatic carbocycles. The smallest absolute Gasteiger partial charge is 0.263 e. The van der Waals surface area contributed by atoms with Gasteiger partial charge in [0.1, 0.15) is 9.88 Å². The van der Waals surface area contributed by atoms with Gasteiger partial charge in [0, 0.05) is 19.6 Å². The van der Waals surface area contributed by atoms with Crippen molar-refractivity contribution < 1.29 is 4.79 Å². The molecule has 0 bridgehead atoms. The monoisotopic (exact) mass is 327 g/mol. The topological polar surface area (TPSA) is 58.4 Å². The highest BCUT2D eigenvalue weighted by Crippen LogP contribution is 2.44. The molecular weight excluding hydrogens is 302 g/mol. The van der Waals surface area contributed by atoms with Crippen LogP contribution in [0.3, 0.4) is 0 Å². The number of hydrogen-bond acceptors (Lipinski definition) is 5. The average Bonchev–Trinajstić information content (AvgIpc) is 2.75. The van der Waals surface area contributed by atoms with Crippen LogP contribution in [0.5, 0.6) is 0 Å². The molecule has 1 amide bonds. The lowest BCUT2D eigenvalue weighted by Crippen LogP contribution is -2.26. The van der Waals surface area contributed by atoms with Crippen molar-refractivity contribution in [1.29, 1.82) is 0 Å². The molecule has 1 fully saturated rings. The van der Waals surface area contributed by atoms with Crippen LogP contribution in [0.25, 0.3) is 0 Å². The molecule has 0 radical (unpaired) electrons. The molecule has 2 rings (SSSR count). The Labute approximate surface area is 135 Å². The van der Waals surface area contributed by atoms with Crippen molar-refractivity contribution in [3.63, 3.8) is 0 Å². The zero-order chi connectivity index (χ0) is 15.2. The Morgan fingerprint density at radius 3 is 2.48 bits per heavy atom. The number of hydrogen-bond donors (Lipinski definition) is 2. The minimum Gasteiger partial charge on any atom is -0.396 e. The van der Waals surface area contributed by atoms with Gasteiger partial charge in [0.2, 0.25) is 0 Å². The van der Waals surface area contributed by atoms with Gasteiger partial charge in [-0.1, -0.05) is 19.3 Å². The van der Waals surface area contributed by atoms with E-state index in [9.17, 15) is 4.79 Å². The van der Waals surface area contributed by atoms with Crippen LogP contribution in [0.1, 0.15) is 48.7 Å². The van der Waals surface area contributed by atoms with Gasteiger partial charge in [-0.3, -0.25) is 4.79 Å². The van der Waals surface area contributed by atoms with Gasteiger partial charge in [-0.05, 0) is 26.0 Å². The van der Waals surface area contributed by atoms with Gasteiger partial charge < -0.3 is 16.0 Å². The van der Waals surface area contributed by atoms with E-state index in [4.69, 9.17) is 5.73 Å². The number of nitrogens with zero attached hydrogens (tertiary/aromatic N) is 1. The lowest BCUT2D eigenvalue weighted by molar-refractivity contribution is 0.0960.